The van der Waals surface area contributed by atoms with E-state index in [2.05, 4.69) is 30.4 Å². The maximum Gasteiger partial charge on any atom is 0.237 e. The third kappa shape index (κ3) is 4.36. The van der Waals surface area contributed by atoms with Gasteiger partial charge in [-0.25, -0.2) is 0 Å². The van der Waals surface area contributed by atoms with Crippen molar-refractivity contribution >= 4 is 23.4 Å². The van der Waals surface area contributed by atoms with Gasteiger partial charge in [-0.05, 0) is 43.5 Å². The summed E-state index contributed by atoms with van der Waals surface area (Å²) in [5.74, 6) is 0.909. The normalized spacial score (nSPS) is 12.0. The van der Waals surface area contributed by atoms with E-state index in [4.69, 9.17) is 0 Å². The number of hydrogen-bond acceptors (Lipinski definition) is 2. The zero-order valence-corrected chi connectivity index (χ0v) is 13.5. The number of anilines is 1. The van der Waals surface area contributed by atoms with Gasteiger partial charge in [0.15, 0.2) is 0 Å². The quantitative estimate of drug-likeness (QED) is 0.876. The van der Waals surface area contributed by atoms with Gasteiger partial charge in [0, 0.05) is 11.4 Å². The Morgan fingerprint density at radius 1 is 1.10 bits per heavy atom. The minimum Gasteiger partial charge on any atom is -0.325 e. The Morgan fingerprint density at radius 3 is 2.52 bits per heavy atom. The van der Waals surface area contributed by atoms with Gasteiger partial charge in [0.05, 0.1) is 5.25 Å². The minimum atomic E-state index is -0.0786. The molecule has 2 aromatic carbocycles. The number of thioether (sulfide) groups is 1. The molecule has 0 unspecified atom stereocenters. The summed E-state index contributed by atoms with van der Waals surface area (Å²) in [5.41, 5.74) is 4.48. The molecule has 2 nitrogen and oxygen atoms in total. The highest BCUT2D eigenvalue weighted by molar-refractivity contribution is 7.99. The second kappa shape index (κ2) is 7.32. The number of nitrogens with one attached hydrogen (secondary N) is 1. The first-order chi connectivity index (χ1) is 10.1. The van der Waals surface area contributed by atoms with Crippen LogP contribution in [0.25, 0.3) is 0 Å². The van der Waals surface area contributed by atoms with Crippen LogP contribution in [0, 0.1) is 13.8 Å². The fourth-order valence-corrected chi connectivity index (χ4v) is 2.84. The first kappa shape index (κ1) is 15.6. The molecular formula is C18H21NOS. The monoisotopic (exact) mass is 299 g/mol. The lowest BCUT2D eigenvalue weighted by molar-refractivity contribution is -0.115. The lowest BCUT2D eigenvalue weighted by Crippen LogP contribution is -2.23. The van der Waals surface area contributed by atoms with E-state index in [-0.39, 0.29) is 11.2 Å². The van der Waals surface area contributed by atoms with Crippen LogP contribution in [0.4, 0.5) is 5.69 Å². The summed E-state index contributed by atoms with van der Waals surface area (Å²) in [6, 6.07) is 16.2. The molecule has 0 aromatic heterocycles. The molecule has 110 valence electrons. The van der Waals surface area contributed by atoms with E-state index in [1.807, 2.05) is 44.2 Å². The highest BCUT2D eigenvalue weighted by atomic mass is 32.2. The summed E-state index contributed by atoms with van der Waals surface area (Å²) in [7, 11) is 0. The van der Waals surface area contributed by atoms with Crippen LogP contribution in [0.1, 0.15) is 23.6 Å². The van der Waals surface area contributed by atoms with Crippen molar-refractivity contribution in [3.8, 4) is 0 Å². The zero-order chi connectivity index (χ0) is 15.2. The van der Waals surface area contributed by atoms with Crippen LogP contribution in [-0.2, 0) is 10.5 Å². The number of carbonyl (C=O) groups is 1. The second-order valence-electron chi connectivity index (χ2n) is 5.18. The average molecular weight is 299 g/mol. The van der Waals surface area contributed by atoms with Gasteiger partial charge >= 0.3 is 0 Å². The van der Waals surface area contributed by atoms with E-state index in [0.717, 1.165) is 17.0 Å². The van der Waals surface area contributed by atoms with Crippen LogP contribution in [-0.4, -0.2) is 11.2 Å². The topological polar surface area (TPSA) is 29.1 Å². The highest BCUT2D eigenvalue weighted by Gasteiger charge is 2.14. The predicted molar refractivity (Wildman–Crippen MR) is 91.7 cm³/mol. The molecule has 0 fully saturated rings. The smallest absolute Gasteiger partial charge is 0.237 e. The Morgan fingerprint density at radius 2 is 1.81 bits per heavy atom. The van der Waals surface area contributed by atoms with Crippen molar-refractivity contribution in [1.29, 1.82) is 0 Å². The molecule has 0 radical (unpaired) electrons. The van der Waals surface area contributed by atoms with E-state index in [1.165, 1.54) is 11.1 Å². The lowest BCUT2D eigenvalue weighted by Gasteiger charge is -2.14. The molecule has 0 bridgehead atoms. The summed E-state index contributed by atoms with van der Waals surface area (Å²) in [6.45, 7) is 6.04. The van der Waals surface area contributed by atoms with Gasteiger partial charge in [-0.15, -0.1) is 11.8 Å². The predicted octanol–water partition coefficient (Wildman–Crippen LogP) is 4.56. The van der Waals surface area contributed by atoms with E-state index >= 15 is 0 Å². The number of hydrogen-bond donors (Lipinski definition) is 1. The van der Waals surface area contributed by atoms with Crippen molar-refractivity contribution in [2.45, 2.75) is 31.8 Å². The first-order valence-corrected chi connectivity index (χ1v) is 8.15. The molecular weight excluding hydrogens is 278 g/mol. The number of aryl methyl sites for hydroxylation is 1. The SMILES string of the molecule is Cc1cccc(NC(=O)[C@H](C)SCc2ccccc2)c1C. The summed E-state index contributed by atoms with van der Waals surface area (Å²) in [6.07, 6.45) is 0. The molecule has 0 saturated carbocycles. The molecule has 1 amide bonds. The fraction of sp³-hybridized carbons (Fsp3) is 0.278. The Balaban J connectivity index is 1.92. The van der Waals surface area contributed by atoms with Crippen molar-refractivity contribution in [3.05, 3.63) is 65.2 Å². The standard InChI is InChI=1S/C18H21NOS/c1-13-8-7-11-17(14(13)2)19-18(20)15(3)21-12-16-9-5-4-6-10-16/h4-11,15H,12H2,1-3H3,(H,19,20)/t15-/m0/s1. The van der Waals surface area contributed by atoms with Crippen LogP contribution in [0.2, 0.25) is 0 Å². The van der Waals surface area contributed by atoms with Crippen LogP contribution in [0.3, 0.4) is 0 Å². The summed E-state index contributed by atoms with van der Waals surface area (Å²) >= 11 is 1.65. The maximum absolute atomic E-state index is 12.3. The van der Waals surface area contributed by atoms with Crippen LogP contribution in [0.15, 0.2) is 48.5 Å². The van der Waals surface area contributed by atoms with Crippen molar-refractivity contribution in [1.82, 2.24) is 0 Å². The average Bonchev–Trinajstić information content (AvgIpc) is 2.50. The molecule has 0 aliphatic rings. The van der Waals surface area contributed by atoms with E-state index in [9.17, 15) is 4.79 Å². The molecule has 3 heteroatoms. The maximum atomic E-state index is 12.3. The third-order valence-corrected chi connectivity index (χ3v) is 4.79. The Hall–Kier alpha value is -1.74. The molecule has 0 saturated heterocycles. The number of benzene rings is 2. The van der Waals surface area contributed by atoms with Gasteiger partial charge in [0.2, 0.25) is 5.91 Å². The van der Waals surface area contributed by atoms with E-state index in [0.29, 0.717) is 0 Å². The third-order valence-electron chi connectivity index (χ3n) is 3.57. The Bertz CT molecular complexity index is 610. The van der Waals surface area contributed by atoms with Crippen molar-refractivity contribution in [2.75, 3.05) is 5.32 Å². The lowest BCUT2D eigenvalue weighted by atomic mass is 10.1. The molecule has 0 aliphatic carbocycles. The molecule has 21 heavy (non-hydrogen) atoms. The zero-order valence-electron chi connectivity index (χ0n) is 12.7. The molecule has 2 rings (SSSR count). The highest BCUT2D eigenvalue weighted by Crippen LogP contribution is 2.22. The van der Waals surface area contributed by atoms with E-state index in [1.54, 1.807) is 11.8 Å². The molecule has 0 aliphatic heterocycles. The van der Waals surface area contributed by atoms with Crippen LogP contribution in [0.5, 0.6) is 0 Å². The van der Waals surface area contributed by atoms with Crippen LogP contribution < -0.4 is 5.32 Å². The molecule has 0 heterocycles. The fourth-order valence-electron chi connectivity index (χ4n) is 1.99. The molecule has 0 spiro atoms. The van der Waals surface area contributed by atoms with Crippen molar-refractivity contribution in [2.24, 2.45) is 0 Å². The van der Waals surface area contributed by atoms with E-state index < -0.39 is 0 Å². The summed E-state index contributed by atoms with van der Waals surface area (Å²) < 4.78 is 0. The molecule has 1 N–H and O–H groups in total. The van der Waals surface area contributed by atoms with Crippen molar-refractivity contribution < 1.29 is 4.79 Å². The first-order valence-electron chi connectivity index (χ1n) is 7.10. The van der Waals surface area contributed by atoms with Gasteiger partial charge in [0.1, 0.15) is 0 Å². The van der Waals surface area contributed by atoms with Crippen LogP contribution >= 0.6 is 11.8 Å². The summed E-state index contributed by atoms with van der Waals surface area (Å²) in [4.78, 5) is 12.3. The minimum absolute atomic E-state index is 0.0598. The second-order valence-corrected chi connectivity index (χ2v) is 6.50. The van der Waals surface area contributed by atoms with Gasteiger partial charge in [0.25, 0.3) is 0 Å². The Labute approximate surface area is 131 Å². The largest absolute Gasteiger partial charge is 0.325 e. The molecule has 2 aromatic rings. The molecule has 1 atom stereocenters. The van der Waals surface area contributed by atoms with Gasteiger partial charge in [-0.3, -0.25) is 4.79 Å². The Kier molecular flexibility index (Phi) is 5.45. The van der Waals surface area contributed by atoms with Gasteiger partial charge < -0.3 is 5.32 Å². The summed E-state index contributed by atoms with van der Waals surface area (Å²) in [5, 5.41) is 2.95. The number of amides is 1. The van der Waals surface area contributed by atoms with Gasteiger partial charge in [-0.2, -0.15) is 0 Å². The number of rotatable bonds is 5. The van der Waals surface area contributed by atoms with Gasteiger partial charge in [-0.1, -0.05) is 42.5 Å². The number of carbonyl (C=O) groups excluding carboxylic acids is 1. The van der Waals surface area contributed by atoms with Crippen molar-refractivity contribution in [3.63, 3.8) is 0 Å².